The van der Waals surface area contributed by atoms with Gasteiger partial charge in [0, 0.05) is 17.8 Å². The summed E-state index contributed by atoms with van der Waals surface area (Å²) in [6.45, 7) is 3.50. The molecule has 0 aliphatic heterocycles. The smallest absolute Gasteiger partial charge is 0.251 e. The van der Waals surface area contributed by atoms with Gasteiger partial charge in [-0.25, -0.2) is 0 Å². The summed E-state index contributed by atoms with van der Waals surface area (Å²) in [5.41, 5.74) is 1.83. The van der Waals surface area contributed by atoms with Crippen molar-refractivity contribution in [2.24, 2.45) is 0 Å². The molecule has 0 aromatic heterocycles. The molecule has 0 aliphatic rings. The fourth-order valence-corrected chi connectivity index (χ4v) is 3.15. The van der Waals surface area contributed by atoms with Crippen molar-refractivity contribution in [3.8, 4) is 11.5 Å². The SMILES string of the molecule is CCCCNC(=O)c1cccc(NCC(=O)Nc2ccccc2OCCOc2ccccc2)c1. The highest BCUT2D eigenvalue weighted by Gasteiger charge is 2.09. The number of para-hydroxylation sites is 3. The van der Waals surface area contributed by atoms with E-state index in [1.807, 2.05) is 48.5 Å². The fourth-order valence-electron chi connectivity index (χ4n) is 3.15. The van der Waals surface area contributed by atoms with Crippen molar-refractivity contribution in [2.75, 3.05) is 36.9 Å². The van der Waals surface area contributed by atoms with E-state index in [1.54, 1.807) is 30.3 Å². The first kappa shape index (κ1) is 24.6. The van der Waals surface area contributed by atoms with E-state index >= 15 is 0 Å². The number of rotatable bonds is 13. The van der Waals surface area contributed by atoms with E-state index in [0.29, 0.717) is 42.4 Å². The van der Waals surface area contributed by atoms with Gasteiger partial charge in [-0.3, -0.25) is 9.59 Å². The van der Waals surface area contributed by atoms with E-state index in [1.165, 1.54) is 0 Å². The summed E-state index contributed by atoms with van der Waals surface area (Å²) >= 11 is 0. The minimum atomic E-state index is -0.227. The van der Waals surface area contributed by atoms with Gasteiger partial charge in [0.15, 0.2) is 0 Å². The molecule has 34 heavy (non-hydrogen) atoms. The van der Waals surface area contributed by atoms with Crippen LogP contribution in [0, 0.1) is 0 Å². The van der Waals surface area contributed by atoms with Gasteiger partial charge in [-0.15, -0.1) is 0 Å². The number of ether oxygens (including phenoxy) is 2. The Labute approximate surface area is 200 Å². The number of nitrogens with one attached hydrogen (secondary N) is 3. The lowest BCUT2D eigenvalue weighted by molar-refractivity contribution is -0.114. The van der Waals surface area contributed by atoms with Crippen LogP contribution in [0.4, 0.5) is 11.4 Å². The average molecular weight is 462 g/mol. The van der Waals surface area contributed by atoms with Crippen LogP contribution in [0.3, 0.4) is 0 Å². The number of unbranched alkanes of at least 4 members (excludes halogenated alkanes) is 1. The van der Waals surface area contributed by atoms with Crippen molar-refractivity contribution in [1.29, 1.82) is 0 Å². The first-order valence-electron chi connectivity index (χ1n) is 11.5. The van der Waals surface area contributed by atoms with Crippen LogP contribution in [0.25, 0.3) is 0 Å². The second kappa shape index (κ2) is 13.5. The van der Waals surface area contributed by atoms with Crippen molar-refractivity contribution in [1.82, 2.24) is 5.32 Å². The van der Waals surface area contributed by atoms with Crippen LogP contribution >= 0.6 is 0 Å². The second-order valence-corrected chi connectivity index (χ2v) is 7.60. The predicted molar refractivity (Wildman–Crippen MR) is 135 cm³/mol. The van der Waals surface area contributed by atoms with Gasteiger partial charge in [-0.1, -0.05) is 49.7 Å². The monoisotopic (exact) mass is 461 g/mol. The third-order valence-electron chi connectivity index (χ3n) is 4.91. The molecular formula is C27H31N3O4. The van der Waals surface area contributed by atoms with E-state index in [0.717, 1.165) is 18.6 Å². The Bertz CT molecular complexity index is 1060. The Morgan fingerprint density at radius 1 is 0.853 bits per heavy atom. The summed E-state index contributed by atoms with van der Waals surface area (Å²) in [7, 11) is 0. The lowest BCUT2D eigenvalue weighted by Gasteiger charge is -2.14. The molecule has 3 aromatic rings. The molecule has 3 N–H and O–H groups in total. The lowest BCUT2D eigenvalue weighted by atomic mass is 10.2. The van der Waals surface area contributed by atoms with Crippen molar-refractivity contribution in [3.05, 3.63) is 84.4 Å². The number of carbonyl (C=O) groups is 2. The van der Waals surface area contributed by atoms with Gasteiger partial charge in [0.25, 0.3) is 5.91 Å². The normalized spacial score (nSPS) is 10.3. The quantitative estimate of drug-likeness (QED) is 0.321. The molecule has 3 rings (SSSR count). The number of benzene rings is 3. The molecule has 0 fully saturated rings. The number of hydrogen-bond acceptors (Lipinski definition) is 5. The Morgan fingerprint density at radius 2 is 1.62 bits per heavy atom. The molecule has 0 saturated carbocycles. The molecular weight excluding hydrogens is 430 g/mol. The number of carbonyl (C=O) groups excluding carboxylic acids is 2. The Morgan fingerprint density at radius 3 is 2.44 bits per heavy atom. The maximum atomic E-state index is 12.5. The molecule has 2 amide bonds. The number of hydrogen-bond donors (Lipinski definition) is 3. The Hall–Kier alpha value is -4.00. The van der Waals surface area contributed by atoms with Crippen LogP contribution in [0.2, 0.25) is 0 Å². The van der Waals surface area contributed by atoms with Gasteiger partial charge in [-0.2, -0.15) is 0 Å². The second-order valence-electron chi connectivity index (χ2n) is 7.60. The minimum absolute atomic E-state index is 0.0480. The molecule has 0 unspecified atom stereocenters. The van der Waals surface area contributed by atoms with Crippen LogP contribution in [-0.4, -0.2) is 38.1 Å². The van der Waals surface area contributed by atoms with Crippen molar-refractivity contribution in [3.63, 3.8) is 0 Å². The van der Waals surface area contributed by atoms with Crippen LogP contribution in [-0.2, 0) is 4.79 Å². The van der Waals surface area contributed by atoms with Crippen molar-refractivity contribution < 1.29 is 19.1 Å². The topological polar surface area (TPSA) is 88.7 Å². The Balaban J connectivity index is 1.47. The zero-order chi connectivity index (χ0) is 24.0. The first-order chi connectivity index (χ1) is 16.7. The van der Waals surface area contributed by atoms with Crippen LogP contribution in [0.5, 0.6) is 11.5 Å². The highest BCUT2D eigenvalue weighted by Crippen LogP contribution is 2.23. The van der Waals surface area contributed by atoms with Gasteiger partial charge >= 0.3 is 0 Å². The van der Waals surface area contributed by atoms with E-state index < -0.39 is 0 Å². The standard InChI is InChI=1S/C27H31N3O4/c1-2-3-16-28-27(32)21-10-9-11-22(19-21)29-20-26(31)30-24-14-7-8-15-25(24)34-18-17-33-23-12-5-4-6-13-23/h4-15,19,29H,2-3,16-18,20H2,1H3,(H,28,32)(H,30,31). The van der Waals surface area contributed by atoms with Crippen LogP contribution in [0.1, 0.15) is 30.1 Å². The molecule has 3 aromatic carbocycles. The van der Waals surface area contributed by atoms with Crippen molar-refractivity contribution >= 4 is 23.2 Å². The molecule has 7 nitrogen and oxygen atoms in total. The molecule has 0 aliphatic carbocycles. The van der Waals surface area contributed by atoms with Gasteiger partial charge < -0.3 is 25.4 Å². The van der Waals surface area contributed by atoms with Gasteiger partial charge in [0.2, 0.25) is 5.91 Å². The molecule has 0 heterocycles. The fraction of sp³-hybridized carbons (Fsp3) is 0.259. The summed E-state index contributed by atoms with van der Waals surface area (Å²) in [5, 5.41) is 8.82. The third-order valence-corrected chi connectivity index (χ3v) is 4.91. The summed E-state index contributed by atoms with van der Waals surface area (Å²) < 4.78 is 11.4. The highest BCUT2D eigenvalue weighted by atomic mass is 16.5. The molecule has 0 spiro atoms. The minimum Gasteiger partial charge on any atom is -0.490 e. The summed E-state index contributed by atoms with van der Waals surface area (Å²) in [6.07, 6.45) is 1.96. The average Bonchev–Trinajstić information content (AvgIpc) is 2.87. The molecule has 0 atom stereocenters. The molecule has 178 valence electrons. The van der Waals surface area contributed by atoms with E-state index in [-0.39, 0.29) is 18.4 Å². The summed E-state index contributed by atoms with van der Waals surface area (Å²) in [5.74, 6) is 0.998. The maximum Gasteiger partial charge on any atom is 0.251 e. The van der Waals surface area contributed by atoms with Crippen LogP contribution < -0.4 is 25.4 Å². The zero-order valence-corrected chi connectivity index (χ0v) is 19.4. The lowest BCUT2D eigenvalue weighted by Crippen LogP contribution is -2.25. The first-order valence-corrected chi connectivity index (χ1v) is 11.5. The van der Waals surface area contributed by atoms with Gasteiger partial charge in [0.1, 0.15) is 24.7 Å². The zero-order valence-electron chi connectivity index (χ0n) is 19.4. The predicted octanol–water partition coefficient (Wildman–Crippen LogP) is 4.72. The van der Waals surface area contributed by atoms with Gasteiger partial charge in [0.05, 0.1) is 12.2 Å². The van der Waals surface area contributed by atoms with Crippen molar-refractivity contribution in [2.45, 2.75) is 19.8 Å². The summed E-state index contributed by atoms with van der Waals surface area (Å²) in [4.78, 5) is 24.7. The maximum absolute atomic E-state index is 12.5. The van der Waals surface area contributed by atoms with E-state index in [9.17, 15) is 9.59 Å². The number of amides is 2. The highest BCUT2D eigenvalue weighted by molar-refractivity contribution is 5.96. The number of anilines is 2. The van der Waals surface area contributed by atoms with E-state index in [2.05, 4.69) is 22.9 Å². The summed E-state index contributed by atoms with van der Waals surface area (Å²) in [6, 6.07) is 23.9. The van der Waals surface area contributed by atoms with E-state index in [4.69, 9.17) is 9.47 Å². The molecule has 0 saturated heterocycles. The Kier molecular flexibility index (Phi) is 9.80. The third kappa shape index (κ3) is 8.16. The molecule has 7 heteroatoms. The molecule has 0 radical (unpaired) electrons. The van der Waals surface area contributed by atoms with Gasteiger partial charge in [-0.05, 0) is 48.9 Å². The largest absolute Gasteiger partial charge is 0.490 e. The van der Waals surface area contributed by atoms with Crippen LogP contribution in [0.15, 0.2) is 78.9 Å². The molecule has 0 bridgehead atoms.